The minimum Gasteiger partial charge on any atom is -0.497 e. The summed E-state index contributed by atoms with van der Waals surface area (Å²) in [4.78, 5) is 16.5. The topological polar surface area (TPSA) is 86.5 Å². The van der Waals surface area contributed by atoms with Gasteiger partial charge < -0.3 is 19.3 Å². The summed E-state index contributed by atoms with van der Waals surface area (Å²) in [6.07, 6.45) is 0. The van der Waals surface area contributed by atoms with E-state index in [4.69, 9.17) is 14.0 Å². The second kappa shape index (κ2) is 8.15. The van der Waals surface area contributed by atoms with E-state index in [1.807, 2.05) is 31.2 Å². The summed E-state index contributed by atoms with van der Waals surface area (Å²) >= 11 is 0. The first kappa shape index (κ1) is 17.5. The first-order valence-electron chi connectivity index (χ1n) is 8.17. The molecule has 0 unspecified atom stereocenters. The van der Waals surface area contributed by atoms with Gasteiger partial charge in [0.2, 0.25) is 0 Å². The number of nitrogens with one attached hydrogen (secondary N) is 1. The number of carbonyl (C=O) groups excluding carboxylic acids is 1. The zero-order chi connectivity index (χ0) is 18.4. The highest BCUT2D eigenvalue weighted by molar-refractivity contribution is 5.94. The number of benzene rings is 2. The fourth-order valence-electron chi connectivity index (χ4n) is 2.31. The van der Waals surface area contributed by atoms with Gasteiger partial charge in [-0.05, 0) is 55.5 Å². The number of nitrogens with zero attached hydrogens (tertiary/aromatic N) is 2. The lowest BCUT2D eigenvalue weighted by atomic mass is 10.2. The van der Waals surface area contributed by atoms with E-state index in [-0.39, 0.29) is 12.5 Å². The van der Waals surface area contributed by atoms with Gasteiger partial charge >= 0.3 is 0 Å². The highest BCUT2D eigenvalue weighted by Gasteiger charge is 2.11. The minimum atomic E-state index is -0.219. The van der Waals surface area contributed by atoms with Gasteiger partial charge in [0, 0.05) is 11.1 Å². The van der Waals surface area contributed by atoms with E-state index in [1.54, 1.807) is 31.4 Å². The Bertz CT molecular complexity index is 857. The molecule has 0 aliphatic heterocycles. The molecule has 1 amide bonds. The van der Waals surface area contributed by atoms with Gasteiger partial charge in [-0.15, -0.1) is 0 Å². The highest BCUT2D eigenvalue weighted by atomic mass is 16.5. The molecular formula is C19H19N3O4. The van der Waals surface area contributed by atoms with Crippen molar-refractivity contribution in [1.29, 1.82) is 0 Å². The molecule has 0 saturated heterocycles. The average Bonchev–Trinajstić information content (AvgIpc) is 3.16. The molecule has 7 nitrogen and oxygen atoms in total. The molecule has 0 spiro atoms. The van der Waals surface area contributed by atoms with Crippen molar-refractivity contribution >= 4 is 5.91 Å². The van der Waals surface area contributed by atoms with Crippen LogP contribution in [0.25, 0.3) is 11.5 Å². The van der Waals surface area contributed by atoms with E-state index < -0.39 is 0 Å². The van der Waals surface area contributed by atoms with Crippen LogP contribution >= 0.6 is 0 Å². The molecular weight excluding hydrogens is 334 g/mol. The first-order chi connectivity index (χ1) is 12.7. The number of carbonyl (C=O) groups is 1. The summed E-state index contributed by atoms with van der Waals surface area (Å²) in [5.41, 5.74) is 1.31. The molecule has 0 aliphatic carbocycles. The van der Waals surface area contributed by atoms with Gasteiger partial charge in [0.15, 0.2) is 5.82 Å². The summed E-state index contributed by atoms with van der Waals surface area (Å²) in [6, 6.07) is 14.2. The number of rotatable bonds is 7. The van der Waals surface area contributed by atoms with E-state index in [0.717, 1.165) is 17.1 Å². The monoisotopic (exact) mass is 353 g/mol. The zero-order valence-electron chi connectivity index (χ0n) is 14.6. The van der Waals surface area contributed by atoms with E-state index in [0.29, 0.717) is 23.9 Å². The van der Waals surface area contributed by atoms with Crippen molar-refractivity contribution in [3.8, 4) is 23.0 Å². The van der Waals surface area contributed by atoms with E-state index in [1.165, 1.54) is 0 Å². The van der Waals surface area contributed by atoms with E-state index in [9.17, 15) is 4.79 Å². The van der Waals surface area contributed by atoms with Crippen LogP contribution in [0.4, 0.5) is 0 Å². The summed E-state index contributed by atoms with van der Waals surface area (Å²) in [5.74, 6) is 2.04. The van der Waals surface area contributed by atoms with Crippen LogP contribution in [0.5, 0.6) is 11.5 Å². The van der Waals surface area contributed by atoms with Crippen molar-refractivity contribution in [2.45, 2.75) is 13.5 Å². The SMILES string of the molecule is CCOc1ccc(C(=O)NCc2noc(-c3ccc(OC)cc3)n2)cc1. The van der Waals surface area contributed by atoms with Gasteiger partial charge in [0.05, 0.1) is 20.3 Å². The van der Waals surface area contributed by atoms with Crippen LogP contribution in [0.2, 0.25) is 0 Å². The Labute approximate surface area is 150 Å². The first-order valence-corrected chi connectivity index (χ1v) is 8.17. The third-order valence-corrected chi connectivity index (χ3v) is 3.64. The second-order valence-electron chi connectivity index (χ2n) is 5.38. The number of methoxy groups -OCH3 is 1. The van der Waals surface area contributed by atoms with Gasteiger partial charge in [-0.25, -0.2) is 0 Å². The maximum atomic E-state index is 12.2. The summed E-state index contributed by atoms with van der Waals surface area (Å²) in [5, 5.41) is 6.65. The Kier molecular flexibility index (Phi) is 5.48. The number of aromatic nitrogens is 2. The van der Waals surface area contributed by atoms with Gasteiger partial charge in [0.25, 0.3) is 11.8 Å². The van der Waals surface area contributed by atoms with Crippen molar-refractivity contribution in [2.24, 2.45) is 0 Å². The lowest BCUT2D eigenvalue weighted by Gasteiger charge is -2.05. The molecule has 1 N–H and O–H groups in total. The van der Waals surface area contributed by atoms with Crippen LogP contribution in [0.15, 0.2) is 53.1 Å². The molecule has 7 heteroatoms. The predicted octanol–water partition coefficient (Wildman–Crippen LogP) is 3.07. The molecule has 0 radical (unpaired) electrons. The van der Waals surface area contributed by atoms with Crippen molar-refractivity contribution in [3.63, 3.8) is 0 Å². The maximum absolute atomic E-state index is 12.2. The van der Waals surface area contributed by atoms with Gasteiger partial charge in [0.1, 0.15) is 11.5 Å². The van der Waals surface area contributed by atoms with Crippen LogP contribution in [-0.4, -0.2) is 29.8 Å². The lowest BCUT2D eigenvalue weighted by molar-refractivity contribution is 0.0949. The van der Waals surface area contributed by atoms with Gasteiger partial charge in [-0.1, -0.05) is 5.16 Å². The Morgan fingerprint density at radius 2 is 1.77 bits per heavy atom. The molecule has 1 aromatic heterocycles. The smallest absolute Gasteiger partial charge is 0.257 e. The fourth-order valence-corrected chi connectivity index (χ4v) is 2.31. The normalized spacial score (nSPS) is 10.4. The molecule has 0 bridgehead atoms. The van der Waals surface area contributed by atoms with Crippen molar-refractivity contribution in [2.75, 3.05) is 13.7 Å². The van der Waals surface area contributed by atoms with Crippen LogP contribution < -0.4 is 14.8 Å². The largest absolute Gasteiger partial charge is 0.497 e. The number of hydrogen-bond donors (Lipinski definition) is 1. The molecule has 0 saturated carbocycles. The highest BCUT2D eigenvalue weighted by Crippen LogP contribution is 2.20. The minimum absolute atomic E-state index is 0.172. The Balaban J connectivity index is 1.59. The molecule has 3 rings (SSSR count). The third-order valence-electron chi connectivity index (χ3n) is 3.64. The number of ether oxygens (including phenoxy) is 2. The molecule has 3 aromatic rings. The Morgan fingerprint density at radius 1 is 1.08 bits per heavy atom. The standard InChI is InChI=1S/C19H19N3O4/c1-3-25-16-10-4-13(5-11-16)18(23)20-12-17-21-19(26-22-17)14-6-8-15(24-2)9-7-14/h4-11H,3,12H2,1-2H3,(H,20,23). The quantitative estimate of drug-likeness (QED) is 0.702. The molecule has 134 valence electrons. The van der Waals surface area contributed by atoms with E-state index >= 15 is 0 Å². The molecule has 2 aromatic carbocycles. The summed E-state index contributed by atoms with van der Waals surface area (Å²) in [7, 11) is 1.60. The van der Waals surface area contributed by atoms with Crippen molar-refractivity contribution in [3.05, 3.63) is 59.9 Å². The van der Waals surface area contributed by atoms with E-state index in [2.05, 4.69) is 15.5 Å². The zero-order valence-corrected chi connectivity index (χ0v) is 14.6. The molecule has 1 heterocycles. The van der Waals surface area contributed by atoms with Crippen molar-refractivity contribution in [1.82, 2.24) is 15.5 Å². The predicted molar refractivity (Wildman–Crippen MR) is 95.1 cm³/mol. The van der Waals surface area contributed by atoms with Gasteiger partial charge in [-0.3, -0.25) is 4.79 Å². The molecule has 0 atom stereocenters. The van der Waals surface area contributed by atoms with Crippen LogP contribution in [0, 0.1) is 0 Å². The second-order valence-corrected chi connectivity index (χ2v) is 5.38. The average molecular weight is 353 g/mol. The van der Waals surface area contributed by atoms with Crippen LogP contribution in [-0.2, 0) is 6.54 Å². The summed E-state index contributed by atoms with van der Waals surface area (Å²) < 4.78 is 15.7. The lowest BCUT2D eigenvalue weighted by Crippen LogP contribution is -2.23. The number of hydrogen-bond acceptors (Lipinski definition) is 6. The third kappa shape index (κ3) is 4.18. The Hall–Kier alpha value is -3.35. The molecule has 26 heavy (non-hydrogen) atoms. The number of amides is 1. The molecule has 0 fully saturated rings. The maximum Gasteiger partial charge on any atom is 0.257 e. The van der Waals surface area contributed by atoms with Crippen molar-refractivity contribution < 1.29 is 18.8 Å². The fraction of sp³-hybridized carbons (Fsp3) is 0.211. The Morgan fingerprint density at radius 3 is 2.42 bits per heavy atom. The van der Waals surface area contributed by atoms with Crippen LogP contribution in [0.3, 0.4) is 0 Å². The molecule has 0 aliphatic rings. The summed E-state index contributed by atoms with van der Waals surface area (Å²) in [6.45, 7) is 2.66. The van der Waals surface area contributed by atoms with Gasteiger partial charge in [-0.2, -0.15) is 4.98 Å². The van der Waals surface area contributed by atoms with Crippen LogP contribution in [0.1, 0.15) is 23.1 Å².